The second kappa shape index (κ2) is 4.18. The van der Waals surface area contributed by atoms with E-state index < -0.39 is 17.2 Å². The molecule has 76 valence electrons. The highest BCUT2D eigenvalue weighted by molar-refractivity contribution is 7.80. The van der Waals surface area contributed by atoms with Gasteiger partial charge >= 0.3 is 5.97 Å². The molecule has 1 aromatic rings. The van der Waals surface area contributed by atoms with Crippen LogP contribution in [0.15, 0.2) is 24.3 Å². The maximum atomic E-state index is 10.5. The number of carbonyl (C=O) groups is 1. The highest BCUT2D eigenvalue weighted by Gasteiger charge is 2.09. The van der Waals surface area contributed by atoms with Crippen LogP contribution in [0.1, 0.15) is 10.4 Å². The lowest BCUT2D eigenvalue weighted by atomic mass is 10.2. The number of carboxylic acids is 1. The molecular weight excluding hydrogens is 208 g/mol. The molecular formula is C7H8N2O4S. The molecule has 0 aliphatic heterocycles. The van der Waals surface area contributed by atoms with Crippen molar-refractivity contribution in [2.45, 2.75) is 0 Å². The third-order valence-electron chi connectivity index (χ3n) is 1.52. The summed E-state index contributed by atoms with van der Waals surface area (Å²) < 4.78 is 19.7. The Bertz CT molecular complexity index is 382. The maximum absolute atomic E-state index is 10.5. The van der Waals surface area contributed by atoms with Gasteiger partial charge in [-0.3, -0.25) is 4.55 Å². The molecule has 0 spiro atoms. The summed E-state index contributed by atoms with van der Waals surface area (Å²) >= 11 is -2.36. The third-order valence-corrected chi connectivity index (χ3v) is 2.06. The van der Waals surface area contributed by atoms with Gasteiger partial charge < -0.3 is 5.11 Å². The SMILES string of the molecule is NN(c1cccc(C(=O)O)c1)S(=O)O. The summed E-state index contributed by atoms with van der Waals surface area (Å²) in [4.78, 5) is 10.5. The predicted molar refractivity (Wildman–Crippen MR) is 50.8 cm³/mol. The smallest absolute Gasteiger partial charge is 0.335 e. The van der Waals surface area contributed by atoms with Crippen molar-refractivity contribution in [1.82, 2.24) is 0 Å². The zero-order valence-electron chi connectivity index (χ0n) is 6.95. The maximum Gasteiger partial charge on any atom is 0.335 e. The molecule has 0 saturated heterocycles. The van der Waals surface area contributed by atoms with Gasteiger partial charge in [-0.25, -0.2) is 19.3 Å². The Kier molecular flexibility index (Phi) is 3.18. The van der Waals surface area contributed by atoms with E-state index in [0.717, 1.165) is 0 Å². The molecule has 0 aliphatic rings. The molecule has 0 heterocycles. The number of rotatable bonds is 3. The summed E-state index contributed by atoms with van der Waals surface area (Å²) in [5.74, 6) is 4.08. The molecule has 1 atom stereocenters. The minimum atomic E-state index is -2.36. The highest BCUT2D eigenvalue weighted by Crippen LogP contribution is 2.14. The van der Waals surface area contributed by atoms with Gasteiger partial charge in [0.2, 0.25) is 0 Å². The molecule has 6 nitrogen and oxygen atoms in total. The van der Waals surface area contributed by atoms with Gasteiger partial charge in [-0.15, -0.1) is 0 Å². The van der Waals surface area contributed by atoms with Crippen LogP contribution >= 0.6 is 0 Å². The van der Waals surface area contributed by atoms with Crippen molar-refractivity contribution >= 4 is 22.9 Å². The predicted octanol–water partition coefficient (Wildman–Crippen LogP) is 0.202. The fourth-order valence-electron chi connectivity index (χ4n) is 0.866. The average Bonchev–Trinajstić information content (AvgIpc) is 2.16. The zero-order valence-corrected chi connectivity index (χ0v) is 7.77. The molecule has 1 aromatic carbocycles. The number of carboxylic acid groups (broad SMARTS) is 1. The molecule has 0 bridgehead atoms. The van der Waals surface area contributed by atoms with E-state index in [4.69, 9.17) is 15.5 Å². The second-order valence-electron chi connectivity index (χ2n) is 2.41. The van der Waals surface area contributed by atoms with Gasteiger partial charge in [0.25, 0.3) is 11.3 Å². The lowest BCUT2D eigenvalue weighted by molar-refractivity contribution is 0.0697. The first kappa shape index (κ1) is 10.6. The summed E-state index contributed by atoms with van der Waals surface area (Å²) in [5, 5.41) is 8.63. The fourth-order valence-corrected chi connectivity index (χ4v) is 1.16. The second-order valence-corrected chi connectivity index (χ2v) is 3.27. The molecule has 0 fully saturated rings. The molecule has 0 radical (unpaired) electrons. The summed E-state index contributed by atoms with van der Waals surface area (Å²) in [6.07, 6.45) is 0. The Morgan fingerprint density at radius 1 is 1.50 bits per heavy atom. The Balaban J connectivity index is 3.05. The molecule has 0 amide bonds. The average molecular weight is 216 g/mol. The monoisotopic (exact) mass is 216 g/mol. The van der Waals surface area contributed by atoms with Crippen molar-refractivity contribution in [3.05, 3.63) is 29.8 Å². The van der Waals surface area contributed by atoms with Gasteiger partial charge in [-0.1, -0.05) is 6.07 Å². The van der Waals surface area contributed by atoms with Gasteiger partial charge in [-0.05, 0) is 18.2 Å². The lowest BCUT2D eigenvalue weighted by Crippen LogP contribution is -2.32. The molecule has 1 unspecified atom stereocenters. The van der Waals surface area contributed by atoms with Crippen molar-refractivity contribution in [1.29, 1.82) is 0 Å². The Morgan fingerprint density at radius 3 is 2.64 bits per heavy atom. The summed E-state index contributed by atoms with van der Waals surface area (Å²) in [7, 11) is 0. The number of benzene rings is 1. The number of hydrogen-bond acceptors (Lipinski definition) is 3. The molecule has 1 rings (SSSR count). The minimum Gasteiger partial charge on any atom is -0.478 e. The van der Waals surface area contributed by atoms with Crippen LogP contribution in [0, 0.1) is 0 Å². The summed E-state index contributed by atoms with van der Waals surface area (Å²) in [6.45, 7) is 0. The zero-order chi connectivity index (χ0) is 10.7. The number of nitrogens with zero attached hydrogens (tertiary/aromatic N) is 1. The van der Waals surface area contributed by atoms with Crippen molar-refractivity contribution in [2.24, 2.45) is 5.84 Å². The van der Waals surface area contributed by atoms with Gasteiger partial charge in [0, 0.05) is 0 Å². The van der Waals surface area contributed by atoms with Gasteiger partial charge in [0.05, 0.1) is 11.3 Å². The highest BCUT2D eigenvalue weighted by atomic mass is 32.2. The van der Waals surface area contributed by atoms with E-state index in [9.17, 15) is 9.00 Å². The van der Waals surface area contributed by atoms with E-state index in [1.54, 1.807) is 0 Å². The standard InChI is InChI=1S/C7H8N2O4S/c8-9(14(12)13)6-3-1-2-5(4-6)7(10)11/h1-4H,8H2,(H,10,11)(H,12,13). The van der Waals surface area contributed by atoms with Crippen LogP contribution in [-0.2, 0) is 11.3 Å². The van der Waals surface area contributed by atoms with Crippen LogP contribution in [0.2, 0.25) is 0 Å². The van der Waals surface area contributed by atoms with Crippen molar-refractivity contribution in [3.63, 3.8) is 0 Å². The number of nitrogens with two attached hydrogens (primary N) is 1. The number of hydrazine groups is 1. The first-order valence-corrected chi connectivity index (χ1v) is 4.58. The topological polar surface area (TPSA) is 104 Å². The van der Waals surface area contributed by atoms with Gasteiger partial charge in [0.15, 0.2) is 0 Å². The van der Waals surface area contributed by atoms with Crippen LogP contribution in [0.5, 0.6) is 0 Å². The van der Waals surface area contributed by atoms with Gasteiger partial charge in [-0.2, -0.15) is 0 Å². The van der Waals surface area contributed by atoms with Crippen molar-refractivity contribution < 1.29 is 18.7 Å². The summed E-state index contributed by atoms with van der Waals surface area (Å²) in [5.41, 5.74) is 0.161. The normalized spacial score (nSPS) is 12.1. The first-order chi connectivity index (χ1) is 6.52. The largest absolute Gasteiger partial charge is 0.478 e. The molecule has 4 N–H and O–H groups in total. The number of aromatic carboxylic acids is 1. The van der Waals surface area contributed by atoms with Crippen LogP contribution in [0.25, 0.3) is 0 Å². The first-order valence-electron chi connectivity index (χ1n) is 3.51. The van der Waals surface area contributed by atoms with Crippen LogP contribution in [0.3, 0.4) is 0 Å². The van der Waals surface area contributed by atoms with Crippen LogP contribution in [0.4, 0.5) is 5.69 Å². The van der Waals surface area contributed by atoms with Crippen LogP contribution in [-0.4, -0.2) is 19.8 Å². The van der Waals surface area contributed by atoms with E-state index in [2.05, 4.69) is 0 Å². The molecule has 14 heavy (non-hydrogen) atoms. The third kappa shape index (κ3) is 2.28. The van der Waals surface area contributed by atoms with E-state index >= 15 is 0 Å². The molecule has 7 heteroatoms. The van der Waals surface area contributed by atoms with E-state index in [-0.39, 0.29) is 11.3 Å². The molecule has 0 aromatic heterocycles. The Hall–Kier alpha value is -1.44. The number of hydrogen-bond donors (Lipinski definition) is 3. The van der Waals surface area contributed by atoms with Gasteiger partial charge in [0.1, 0.15) is 0 Å². The quantitative estimate of drug-likeness (QED) is 0.380. The molecule has 0 aliphatic carbocycles. The van der Waals surface area contributed by atoms with E-state index in [1.807, 2.05) is 0 Å². The Morgan fingerprint density at radius 2 is 2.14 bits per heavy atom. The number of anilines is 1. The Labute approximate surface area is 82.3 Å². The van der Waals surface area contributed by atoms with E-state index in [0.29, 0.717) is 4.41 Å². The van der Waals surface area contributed by atoms with Crippen molar-refractivity contribution in [3.8, 4) is 0 Å². The lowest BCUT2D eigenvalue weighted by Gasteiger charge is -2.12. The summed E-state index contributed by atoms with van der Waals surface area (Å²) in [6, 6.07) is 5.43. The van der Waals surface area contributed by atoms with Crippen LogP contribution < -0.4 is 10.3 Å². The fraction of sp³-hybridized carbons (Fsp3) is 0. The minimum absolute atomic E-state index is 0.00315. The molecule has 0 saturated carbocycles. The van der Waals surface area contributed by atoms with Crippen molar-refractivity contribution in [2.75, 3.05) is 4.41 Å². The van der Waals surface area contributed by atoms with E-state index in [1.165, 1.54) is 24.3 Å².